The van der Waals surface area contributed by atoms with Gasteiger partial charge in [0.05, 0.1) is 6.61 Å². The smallest absolute Gasteiger partial charge is 0.0744 e. The third kappa shape index (κ3) is 3.76. The van der Waals surface area contributed by atoms with E-state index in [0.29, 0.717) is 12.6 Å². The molecule has 2 nitrogen and oxygen atoms in total. The zero-order valence-electron chi connectivity index (χ0n) is 12.8. The highest BCUT2D eigenvalue weighted by Gasteiger charge is 2.27. The molecule has 1 fully saturated rings. The van der Waals surface area contributed by atoms with Crippen molar-refractivity contribution in [2.75, 3.05) is 12.4 Å². The van der Waals surface area contributed by atoms with E-state index in [1.165, 1.54) is 36.9 Å². The molecule has 1 aliphatic carbocycles. The van der Waals surface area contributed by atoms with Crippen LogP contribution in [0.15, 0.2) is 22.7 Å². The summed E-state index contributed by atoms with van der Waals surface area (Å²) in [7, 11) is 1.75. The Kier molecular flexibility index (Phi) is 5.91. The fourth-order valence-corrected chi connectivity index (χ4v) is 3.80. The number of anilines is 1. The van der Waals surface area contributed by atoms with E-state index >= 15 is 0 Å². The van der Waals surface area contributed by atoms with Crippen LogP contribution >= 0.6 is 15.9 Å². The van der Waals surface area contributed by atoms with E-state index in [0.717, 1.165) is 16.3 Å². The van der Waals surface area contributed by atoms with E-state index in [9.17, 15) is 0 Å². The number of ether oxygens (including phenoxy) is 1. The average molecular weight is 340 g/mol. The average Bonchev–Trinajstić information content (AvgIpc) is 2.43. The van der Waals surface area contributed by atoms with Gasteiger partial charge < -0.3 is 10.1 Å². The molecule has 0 heterocycles. The molecule has 112 valence electrons. The van der Waals surface area contributed by atoms with E-state index in [-0.39, 0.29) is 0 Å². The quantitative estimate of drug-likeness (QED) is 0.793. The minimum atomic E-state index is 0.591. The molecule has 1 aromatic carbocycles. The van der Waals surface area contributed by atoms with Crippen molar-refractivity contribution in [3.8, 4) is 0 Å². The maximum Gasteiger partial charge on any atom is 0.0744 e. The second kappa shape index (κ2) is 7.46. The van der Waals surface area contributed by atoms with Crippen molar-refractivity contribution in [2.24, 2.45) is 11.8 Å². The van der Waals surface area contributed by atoms with Gasteiger partial charge in [-0.1, -0.05) is 48.7 Å². The zero-order chi connectivity index (χ0) is 14.5. The van der Waals surface area contributed by atoms with Crippen LogP contribution < -0.4 is 5.32 Å². The number of halogens is 1. The molecule has 1 N–H and O–H groups in total. The summed E-state index contributed by atoms with van der Waals surface area (Å²) in [5, 5.41) is 3.80. The van der Waals surface area contributed by atoms with Crippen LogP contribution in [0, 0.1) is 11.8 Å². The fourth-order valence-electron chi connectivity index (χ4n) is 3.32. The Morgan fingerprint density at radius 3 is 2.75 bits per heavy atom. The van der Waals surface area contributed by atoms with Crippen LogP contribution in [-0.2, 0) is 11.3 Å². The Bertz CT molecular complexity index is 433. The third-order valence-corrected chi connectivity index (χ3v) is 5.17. The summed E-state index contributed by atoms with van der Waals surface area (Å²) in [5.74, 6) is 1.52. The van der Waals surface area contributed by atoms with Crippen LogP contribution in [0.2, 0.25) is 0 Å². The molecule has 0 aromatic heterocycles. The first-order chi connectivity index (χ1) is 9.63. The minimum Gasteiger partial charge on any atom is -0.382 e. The number of nitrogens with one attached hydrogen (secondary N) is 1. The molecule has 1 aromatic rings. The Hall–Kier alpha value is -0.540. The first-order valence-corrected chi connectivity index (χ1v) is 8.45. The van der Waals surface area contributed by atoms with Crippen molar-refractivity contribution in [3.05, 3.63) is 28.2 Å². The van der Waals surface area contributed by atoms with Gasteiger partial charge in [-0.25, -0.2) is 0 Å². The molecule has 2 atom stereocenters. The summed E-state index contributed by atoms with van der Waals surface area (Å²) >= 11 is 3.64. The van der Waals surface area contributed by atoms with E-state index < -0.39 is 0 Å². The molecule has 3 heteroatoms. The van der Waals surface area contributed by atoms with Crippen LogP contribution in [0.5, 0.6) is 0 Å². The Balaban J connectivity index is 2.17. The van der Waals surface area contributed by atoms with Crippen molar-refractivity contribution in [1.82, 2.24) is 0 Å². The van der Waals surface area contributed by atoms with Gasteiger partial charge in [-0.15, -0.1) is 0 Å². The van der Waals surface area contributed by atoms with Crippen molar-refractivity contribution in [3.63, 3.8) is 0 Å². The molecule has 2 rings (SSSR count). The second-order valence-electron chi connectivity index (χ2n) is 6.14. The summed E-state index contributed by atoms with van der Waals surface area (Å²) in [5.41, 5.74) is 2.45. The van der Waals surface area contributed by atoms with E-state index in [1.54, 1.807) is 7.11 Å². The van der Waals surface area contributed by atoms with Gasteiger partial charge in [0.1, 0.15) is 0 Å². The molecule has 0 amide bonds. The summed E-state index contributed by atoms with van der Waals surface area (Å²) < 4.78 is 6.47. The normalized spacial score (nSPS) is 23.1. The van der Waals surface area contributed by atoms with E-state index in [4.69, 9.17) is 4.74 Å². The topological polar surface area (TPSA) is 21.3 Å². The molecule has 0 spiro atoms. The van der Waals surface area contributed by atoms with Crippen LogP contribution in [0.4, 0.5) is 5.69 Å². The monoisotopic (exact) mass is 339 g/mol. The number of hydrogen-bond acceptors (Lipinski definition) is 2. The van der Waals surface area contributed by atoms with Crippen LogP contribution in [0.25, 0.3) is 0 Å². The Labute approximate surface area is 131 Å². The van der Waals surface area contributed by atoms with Crippen molar-refractivity contribution in [1.29, 1.82) is 0 Å². The molecular weight excluding hydrogens is 314 g/mol. The van der Waals surface area contributed by atoms with Crippen molar-refractivity contribution in [2.45, 2.75) is 52.2 Å². The van der Waals surface area contributed by atoms with Gasteiger partial charge in [-0.05, 0) is 36.8 Å². The van der Waals surface area contributed by atoms with Gasteiger partial charge in [0.25, 0.3) is 0 Å². The molecule has 0 aliphatic heterocycles. The maximum atomic E-state index is 5.34. The van der Waals surface area contributed by atoms with Gasteiger partial charge in [0.2, 0.25) is 0 Å². The summed E-state index contributed by atoms with van der Waals surface area (Å²) in [6.45, 7) is 5.34. The third-order valence-electron chi connectivity index (χ3n) is 4.42. The maximum absolute atomic E-state index is 5.34. The van der Waals surface area contributed by atoms with Gasteiger partial charge >= 0.3 is 0 Å². The van der Waals surface area contributed by atoms with Crippen LogP contribution in [0.1, 0.15) is 45.1 Å². The van der Waals surface area contributed by atoms with Crippen molar-refractivity contribution < 1.29 is 4.74 Å². The van der Waals surface area contributed by atoms with Crippen LogP contribution in [-0.4, -0.2) is 13.2 Å². The predicted molar refractivity (Wildman–Crippen MR) is 89.1 cm³/mol. The molecule has 0 radical (unpaired) electrons. The van der Waals surface area contributed by atoms with E-state index in [2.05, 4.69) is 53.3 Å². The molecule has 1 aliphatic rings. The number of benzene rings is 1. The summed E-state index contributed by atoms with van der Waals surface area (Å²) in [6, 6.07) is 6.94. The zero-order valence-corrected chi connectivity index (χ0v) is 14.4. The first-order valence-electron chi connectivity index (χ1n) is 7.66. The second-order valence-corrected chi connectivity index (χ2v) is 7.00. The Morgan fingerprint density at radius 2 is 2.05 bits per heavy atom. The highest BCUT2D eigenvalue weighted by molar-refractivity contribution is 9.10. The summed E-state index contributed by atoms with van der Waals surface area (Å²) in [6.07, 6.45) is 5.35. The lowest BCUT2D eigenvalue weighted by atomic mass is 9.77. The molecule has 1 saturated carbocycles. The lowest BCUT2D eigenvalue weighted by Crippen LogP contribution is -2.35. The number of rotatable bonds is 5. The molecule has 0 bridgehead atoms. The predicted octanol–water partition coefficient (Wildman–Crippen LogP) is 5.22. The summed E-state index contributed by atoms with van der Waals surface area (Å²) in [4.78, 5) is 0. The molecule has 0 saturated heterocycles. The number of hydrogen-bond donors (Lipinski definition) is 1. The standard InChI is InChI=1S/C17H26BrNO/c1-12(2)13-7-4-5-9-16(13)19-17-10-6-8-15(18)14(17)11-20-3/h6,8,10,12-13,16,19H,4-5,7,9,11H2,1-3H3. The molecular formula is C17H26BrNO. The highest BCUT2D eigenvalue weighted by Crippen LogP contribution is 2.34. The minimum absolute atomic E-state index is 0.591. The van der Waals surface area contributed by atoms with Crippen molar-refractivity contribution >= 4 is 21.6 Å². The number of methoxy groups -OCH3 is 1. The lowest BCUT2D eigenvalue weighted by Gasteiger charge is -2.36. The Morgan fingerprint density at radius 1 is 1.30 bits per heavy atom. The van der Waals surface area contributed by atoms with Gasteiger partial charge in [-0.2, -0.15) is 0 Å². The van der Waals surface area contributed by atoms with Gasteiger partial charge in [0.15, 0.2) is 0 Å². The lowest BCUT2D eigenvalue weighted by molar-refractivity contribution is 0.184. The SMILES string of the molecule is COCc1c(Br)cccc1NC1CCCCC1C(C)C. The van der Waals surface area contributed by atoms with E-state index in [1.807, 2.05) is 0 Å². The fraction of sp³-hybridized carbons (Fsp3) is 0.647. The largest absolute Gasteiger partial charge is 0.382 e. The van der Waals surface area contributed by atoms with Gasteiger partial charge in [-0.3, -0.25) is 0 Å². The van der Waals surface area contributed by atoms with Crippen LogP contribution in [0.3, 0.4) is 0 Å². The first kappa shape index (κ1) is 15.8. The molecule has 2 unspecified atom stereocenters. The highest BCUT2D eigenvalue weighted by atomic mass is 79.9. The molecule has 20 heavy (non-hydrogen) atoms. The van der Waals surface area contributed by atoms with Gasteiger partial charge in [0, 0.05) is 28.9 Å².